The van der Waals surface area contributed by atoms with Gasteiger partial charge in [0, 0.05) is 0 Å². The molecule has 8 nitrogen and oxygen atoms in total. The Bertz CT molecular complexity index is 4.53. The normalized spacial score (nSPS) is 0. The van der Waals surface area contributed by atoms with Gasteiger partial charge >= 0.3 is 45.5 Å². The number of rotatable bonds is 0. The summed E-state index contributed by atoms with van der Waals surface area (Å²) in [5.41, 5.74) is 0. The third-order valence-electron chi connectivity index (χ3n) is 0. The van der Waals surface area contributed by atoms with Crippen LogP contribution in [0.25, 0.3) is 0 Å². The van der Waals surface area contributed by atoms with E-state index in [9.17, 15) is 0 Å². The first kappa shape index (κ1) is 633. The molecule has 0 saturated heterocycles. The number of hydrogen-bond acceptors (Lipinski definition) is 0. The predicted octanol–water partition coefficient (Wildman–Crippen LogP) is -7.51. The molecule has 0 aromatic carbocycles. The molecular weight excluding hydrogens is 216 g/mol. The molecular formula is H18O8Sr. The molecule has 9 heavy (non-hydrogen) atoms. The van der Waals surface area contributed by atoms with Crippen molar-refractivity contribution < 1.29 is 43.8 Å². The Labute approximate surface area is 88.6 Å². The van der Waals surface area contributed by atoms with Gasteiger partial charge in [0.25, 0.3) is 0 Å². The van der Waals surface area contributed by atoms with Crippen molar-refractivity contribution in [3.63, 3.8) is 0 Å². The van der Waals surface area contributed by atoms with Crippen molar-refractivity contribution in [1.29, 1.82) is 0 Å². The maximum atomic E-state index is 0. The Morgan fingerprint density at radius 2 is 0.222 bits per heavy atom. The minimum absolute atomic E-state index is 0. The van der Waals surface area contributed by atoms with Crippen LogP contribution in [-0.4, -0.2) is 89.3 Å². The van der Waals surface area contributed by atoms with Crippen LogP contribution in [0.3, 0.4) is 0 Å². The molecule has 0 unspecified atom stereocenters. The molecule has 9 heteroatoms. The molecule has 0 aliphatic rings. The fourth-order valence-electron chi connectivity index (χ4n) is 0. The Morgan fingerprint density at radius 1 is 0.222 bits per heavy atom. The van der Waals surface area contributed by atoms with Crippen LogP contribution in [0, 0.1) is 0 Å². The summed E-state index contributed by atoms with van der Waals surface area (Å²) in [5.74, 6) is 0. The predicted molar refractivity (Wildman–Crippen MR) is 37.5 cm³/mol. The van der Waals surface area contributed by atoms with Gasteiger partial charge in [0.15, 0.2) is 0 Å². The molecule has 0 aliphatic carbocycles. The molecule has 0 heterocycles. The van der Waals surface area contributed by atoms with Crippen LogP contribution in [0.4, 0.5) is 0 Å². The molecule has 0 radical (unpaired) electrons. The maximum absolute atomic E-state index is 0. The van der Waals surface area contributed by atoms with Crippen molar-refractivity contribution in [2.45, 2.75) is 0 Å². The summed E-state index contributed by atoms with van der Waals surface area (Å²) in [4.78, 5) is 0. The van der Waals surface area contributed by atoms with E-state index >= 15 is 0 Å². The molecule has 68 valence electrons. The van der Waals surface area contributed by atoms with Crippen LogP contribution < -0.4 is 0 Å². The fraction of sp³-hybridized carbons (Fsp3) is 0. The second kappa shape index (κ2) is 453. The zero-order valence-corrected chi connectivity index (χ0v) is 4.00. The van der Waals surface area contributed by atoms with Crippen molar-refractivity contribution in [2.75, 3.05) is 0 Å². The van der Waals surface area contributed by atoms with Crippen molar-refractivity contribution in [2.24, 2.45) is 0 Å². The van der Waals surface area contributed by atoms with Gasteiger partial charge in [-0.05, 0) is 0 Å². The van der Waals surface area contributed by atoms with Crippen LogP contribution in [0.1, 0.15) is 0 Å². The molecule has 0 bridgehead atoms. The van der Waals surface area contributed by atoms with E-state index in [1.54, 1.807) is 0 Å². The third kappa shape index (κ3) is 349. The van der Waals surface area contributed by atoms with Crippen LogP contribution in [-0.2, 0) is 0 Å². The molecule has 0 atom stereocenters. The van der Waals surface area contributed by atoms with Crippen LogP contribution in [0.5, 0.6) is 0 Å². The van der Waals surface area contributed by atoms with Gasteiger partial charge in [0.1, 0.15) is 0 Å². The van der Waals surface area contributed by atoms with E-state index in [1.807, 2.05) is 0 Å². The topological polar surface area (TPSA) is 252 Å². The second-order valence-electron chi connectivity index (χ2n) is 0. The van der Waals surface area contributed by atoms with Crippen molar-refractivity contribution >= 4 is 45.5 Å². The van der Waals surface area contributed by atoms with E-state index in [-0.39, 0.29) is 89.3 Å². The monoisotopic (exact) mass is 234 g/mol. The molecule has 0 aromatic rings. The van der Waals surface area contributed by atoms with Crippen LogP contribution in [0.15, 0.2) is 0 Å². The second-order valence-corrected chi connectivity index (χ2v) is 0. The molecule has 0 aliphatic heterocycles. The molecule has 0 spiro atoms. The summed E-state index contributed by atoms with van der Waals surface area (Å²) in [5, 5.41) is 0. The average molecular weight is 234 g/mol. The van der Waals surface area contributed by atoms with Gasteiger partial charge in [0.05, 0.1) is 0 Å². The van der Waals surface area contributed by atoms with E-state index in [0.717, 1.165) is 0 Å². The fourth-order valence-corrected chi connectivity index (χ4v) is 0. The van der Waals surface area contributed by atoms with E-state index in [4.69, 9.17) is 0 Å². The summed E-state index contributed by atoms with van der Waals surface area (Å²) in [7, 11) is 0. The van der Waals surface area contributed by atoms with E-state index in [0.29, 0.717) is 0 Å². The van der Waals surface area contributed by atoms with Gasteiger partial charge in [-0.1, -0.05) is 0 Å². The van der Waals surface area contributed by atoms with Gasteiger partial charge in [-0.15, -0.1) is 0 Å². The summed E-state index contributed by atoms with van der Waals surface area (Å²) in [6, 6.07) is 0. The van der Waals surface area contributed by atoms with Crippen LogP contribution >= 0.6 is 0 Å². The first-order chi connectivity index (χ1) is 0. The quantitative estimate of drug-likeness (QED) is 0.353. The molecule has 16 N–H and O–H groups in total. The standard InChI is InChI=1S/8H2O.Sr.2H/h8*1H2;;;. The van der Waals surface area contributed by atoms with Gasteiger partial charge in [0.2, 0.25) is 0 Å². The first-order valence-electron chi connectivity index (χ1n) is 0. The van der Waals surface area contributed by atoms with Gasteiger partial charge in [-0.3, -0.25) is 0 Å². The van der Waals surface area contributed by atoms with Crippen molar-refractivity contribution in [3.8, 4) is 0 Å². The third-order valence-corrected chi connectivity index (χ3v) is 0. The SMILES string of the molecule is O.O.O.O.O.O.O.O.[SrH2]. The van der Waals surface area contributed by atoms with E-state index in [2.05, 4.69) is 0 Å². The number of hydrogen-bond donors (Lipinski definition) is 0. The molecule has 0 amide bonds. The average Bonchev–Trinajstić information content (AvgIpc) is 0. The molecule has 0 fully saturated rings. The summed E-state index contributed by atoms with van der Waals surface area (Å²) in [6.45, 7) is 0. The van der Waals surface area contributed by atoms with Crippen molar-refractivity contribution in [1.82, 2.24) is 0 Å². The Balaban J connectivity index is 0. The van der Waals surface area contributed by atoms with Gasteiger partial charge in [-0.25, -0.2) is 0 Å². The van der Waals surface area contributed by atoms with E-state index in [1.165, 1.54) is 0 Å². The molecule has 0 rings (SSSR count). The molecule has 0 saturated carbocycles. The zero-order chi connectivity index (χ0) is 0. The zero-order valence-electron chi connectivity index (χ0n) is 4.00. The summed E-state index contributed by atoms with van der Waals surface area (Å²) < 4.78 is 0. The van der Waals surface area contributed by atoms with Gasteiger partial charge in [-0.2, -0.15) is 0 Å². The Hall–Kier alpha value is 1.16. The summed E-state index contributed by atoms with van der Waals surface area (Å²) >= 11 is 0. The van der Waals surface area contributed by atoms with Crippen LogP contribution in [0.2, 0.25) is 0 Å². The minimum atomic E-state index is 0. The van der Waals surface area contributed by atoms with Gasteiger partial charge < -0.3 is 43.8 Å². The molecule has 0 aromatic heterocycles. The summed E-state index contributed by atoms with van der Waals surface area (Å²) in [6.07, 6.45) is 0. The Kier molecular flexibility index (Phi) is 31900. The first-order valence-corrected chi connectivity index (χ1v) is 0. The van der Waals surface area contributed by atoms with E-state index < -0.39 is 0 Å². The Morgan fingerprint density at radius 3 is 0.222 bits per heavy atom. The van der Waals surface area contributed by atoms with Crippen molar-refractivity contribution in [3.05, 3.63) is 0 Å².